The molecule has 1 aromatic heterocycles. The maximum Gasteiger partial charge on any atom is 0.416 e. The van der Waals surface area contributed by atoms with Crippen molar-refractivity contribution in [1.82, 2.24) is 10.5 Å². The van der Waals surface area contributed by atoms with Crippen molar-refractivity contribution >= 4 is 5.91 Å². The van der Waals surface area contributed by atoms with Crippen molar-refractivity contribution in [2.24, 2.45) is 0 Å². The summed E-state index contributed by atoms with van der Waals surface area (Å²) in [6.45, 7) is 1.58. The summed E-state index contributed by atoms with van der Waals surface area (Å²) in [5.41, 5.74) is 1.07. The van der Waals surface area contributed by atoms with Crippen molar-refractivity contribution in [3.05, 3.63) is 23.9 Å². The molecule has 0 atom stereocenters. The van der Waals surface area contributed by atoms with Gasteiger partial charge in [0, 0.05) is 18.7 Å². The smallest absolute Gasteiger partial charge is 0.359 e. The molecule has 88 valence electrons. The Morgan fingerprint density at radius 3 is 2.81 bits per heavy atom. The number of nitrogens with one attached hydrogen (secondary N) is 1. The number of pyridine rings is 1. The number of halogens is 3. The van der Waals surface area contributed by atoms with Gasteiger partial charge in [0.15, 0.2) is 0 Å². The summed E-state index contributed by atoms with van der Waals surface area (Å²) in [6.07, 6.45) is -3.34. The minimum absolute atomic E-state index is 0.166. The molecule has 1 aromatic rings. The van der Waals surface area contributed by atoms with Gasteiger partial charge in [0.1, 0.15) is 0 Å². The monoisotopic (exact) mass is 234 g/mol. The van der Waals surface area contributed by atoms with Crippen molar-refractivity contribution in [2.75, 3.05) is 0 Å². The van der Waals surface area contributed by atoms with E-state index in [2.05, 4.69) is 9.82 Å². The summed E-state index contributed by atoms with van der Waals surface area (Å²) in [4.78, 5) is 18.9. The van der Waals surface area contributed by atoms with Crippen molar-refractivity contribution < 1.29 is 22.8 Å². The Labute approximate surface area is 89.4 Å². The maximum atomic E-state index is 12.3. The second kappa shape index (κ2) is 4.82. The molecule has 0 bridgehead atoms. The Morgan fingerprint density at radius 2 is 2.25 bits per heavy atom. The lowest BCUT2D eigenvalue weighted by Gasteiger charge is -2.08. The molecular formula is C9H9F3N2O2. The molecule has 0 aromatic carbocycles. The van der Waals surface area contributed by atoms with Crippen molar-refractivity contribution in [2.45, 2.75) is 19.5 Å². The number of carbonyl (C=O) groups is 1. The van der Waals surface area contributed by atoms with E-state index < -0.39 is 17.6 Å². The largest absolute Gasteiger partial charge is 0.416 e. The normalized spacial score (nSPS) is 11.0. The third-order valence-electron chi connectivity index (χ3n) is 1.65. The van der Waals surface area contributed by atoms with Gasteiger partial charge in [-0.2, -0.15) is 18.7 Å². The van der Waals surface area contributed by atoms with Crippen molar-refractivity contribution in [1.29, 1.82) is 0 Å². The molecule has 7 heteroatoms. The van der Waals surface area contributed by atoms with Gasteiger partial charge in [-0.1, -0.05) is 6.92 Å². The number of hydroxylamine groups is 1. The molecular weight excluding hydrogens is 225 g/mol. The van der Waals surface area contributed by atoms with E-state index in [-0.39, 0.29) is 12.3 Å². The Bertz CT molecular complexity index is 379. The van der Waals surface area contributed by atoms with Crippen LogP contribution in [0.5, 0.6) is 5.88 Å². The number of carbonyl (C=O) groups excluding carboxylic acids is 1. The molecule has 1 N–H and O–H groups in total. The zero-order valence-electron chi connectivity index (χ0n) is 8.34. The molecule has 1 rings (SSSR count). The van der Waals surface area contributed by atoms with Gasteiger partial charge in [0.25, 0.3) is 5.91 Å². The first-order chi connectivity index (χ1) is 7.43. The molecule has 0 aliphatic heterocycles. The molecule has 0 radical (unpaired) electrons. The molecule has 16 heavy (non-hydrogen) atoms. The third kappa shape index (κ3) is 3.41. The molecule has 1 heterocycles. The maximum absolute atomic E-state index is 12.3. The molecule has 0 aliphatic carbocycles. The van der Waals surface area contributed by atoms with Crippen LogP contribution in [0.3, 0.4) is 0 Å². The SMILES string of the molecule is CCC(=O)NOc1cc(C(F)(F)F)ccn1. The first kappa shape index (κ1) is 12.3. The van der Waals surface area contributed by atoms with Crippen LogP contribution in [-0.4, -0.2) is 10.9 Å². The summed E-state index contributed by atoms with van der Waals surface area (Å²) in [5.74, 6) is -0.754. The van der Waals surface area contributed by atoms with E-state index in [1.807, 2.05) is 5.48 Å². The summed E-state index contributed by atoms with van der Waals surface area (Å²) in [5, 5.41) is 0. The number of nitrogens with zero attached hydrogens (tertiary/aromatic N) is 1. The van der Waals surface area contributed by atoms with Gasteiger partial charge in [-0.05, 0) is 6.07 Å². The van der Waals surface area contributed by atoms with Gasteiger partial charge >= 0.3 is 6.18 Å². The number of hydrogen-bond acceptors (Lipinski definition) is 3. The van der Waals surface area contributed by atoms with Crippen molar-refractivity contribution in [3.63, 3.8) is 0 Å². The molecule has 1 amide bonds. The van der Waals surface area contributed by atoms with Crippen LogP contribution in [0.25, 0.3) is 0 Å². The third-order valence-corrected chi connectivity index (χ3v) is 1.65. The van der Waals surface area contributed by atoms with Crippen LogP contribution >= 0.6 is 0 Å². The lowest BCUT2D eigenvalue weighted by molar-refractivity contribution is -0.137. The topological polar surface area (TPSA) is 51.2 Å². The number of alkyl halides is 3. The standard InChI is InChI=1S/C9H9F3N2O2/c1-2-7(15)14-16-8-5-6(3-4-13-8)9(10,11)12/h3-5H,2H2,1H3,(H,14,15). The fourth-order valence-corrected chi connectivity index (χ4v) is 0.823. The van der Waals surface area contributed by atoms with E-state index in [1.54, 1.807) is 6.92 Å². The second-order valence-electron chi connectivity index (χ2n) is 2.86. The number of rotatable bonds is 3. The number of aromatic nitrogens is 1. The Hall–Kier alpha value is -1.79. The van der Waals surface area contributed by atoms with Gasteiger partial charge in [-0.3, -0.25) is 4.79 Å². The molecule has 0 unspecified atom stereocenters. The Balaban J connectivity index is 2.72. The zero-order valence-corrected chi connectivity index (χ0v) is 8.34. The van der Waals surface area contributed by atoms with E-state index in [1.165, 1.54) is 0 Å². The first-order valence-corrected chi connectivity index (χ1v) is 4.42. The second-order valence-corrected chi connectivity index (χ2v) is 2.86. The van der Waals surface area contributed by atoms with Crippen LogP contribution in [0.15, 0.2) is 18.3 Å². The fourth-order valence-electron chi connectivity index (χ4n) is 0.823. The highest BCUT2D eigenvalue weighted by Crippen LogP contribution is 2.30. The molecule has 0 fully saturated rings. The van der Waals surface area contributed by atoms with Gasteiger partial charge < -0.3 is 4.84 Å². The summed E-state index contributed by atoms with van der Waals surface area (Å²) >= 11 is 0. The summed E-state index contributed by atoms with van der Waals surface area (Å²) in [6, 6.07) is 1.52. The van der Waals surface area contributed by atoms with E-state index in [4.69, 9.17) is 0 Å². The average Bonchev–Trinajstić information content (AvgIpc) is 2.25. The molecule has 4 nitrogen and oxygen atoms in total. The van der Waals surface area contributed by atoms with Crippen LogP contribution in [0.4, 0.5) is 13.2 Å². The minimum Gasteiger partial charge on any atom is -0.359 e. The molecule has 0 aliphatic rings. The average molecular weight is 234 g/mol. The molecule has 0 saturated carbocycles. The predicted molar refractivity (Wildman–Crippen MR) is 48.3 cm³/mol. The fraction of sp³-hybridized carbons (Fsp3) is 0.333. The number of hydrogen-bond donors (Lipinski definition) is 1. The quantitative estimate of drug-likeness (QED) is 0.813. The van der Waals surface area contributed by atoms with Crippen LogP contribution in [-0.2, 0) is 11.0 Å². The van der Waals surface area contributed by atoms with Crippen LogP contribution in [0, 0.1) is 0 Å². The molecule has 0 spiro atoms. The van der Waals surface area contributed by atoms with E-state index >= 15 is 0 Å². The summed E-state index contributed by atoms with van der Waals surface area (Å²) < 4.78 is 36.8. The molecule has 0 saturated heterocycles. The van der Waals surface area contributed by atoms with E-state index in [0.717, 1.165) is 12.3 Å². The Kier molecular flexibility index (Phi) is 3.70. The predicted octanol–water partition coefficient (Wildman–Crippen LogP) is 1.92. The van der Waals surface area contributed by atoms with Crippen LogP contribution in [0.1, 0.15) is 18.9 Å². The van der Waals surface area contributed by atoms with Gasteiger partial charge in [-0.15, -0.1) is 0 Å². The van der Waals surface area contributed by atoms with Gasteiger partial charge in [0.05, 0.1) is 5.56 Å². The number of amides is 1. The minimum atomic E-state index is -4.46. The highest BCUT2D eigenvalue weighted by atomic mass is 19.4. The Morgan fingerprint density at radius 1 is 1.56 bits per heavy atom. The summed E-state index contributed by atoms with van der Waals surface area (Å²) in [7, 11) is 0. The van der Waals surface area contributed by atoms with E-state index in [0.29, 0.717) is 6.07 Å². The lowest BCUT2D eigenvalue weighted by atomic mass is 10.2. The zero-order chi connectivity index (χ0) is 12.2. The van der Waals surface area contributed by atoms with Gasteiger partial charge in [-0.25, -0.2) is 4.98 Å². The van der Waals surface area contributed by atoms with Crippen LogP contribution < -0.4 is 10.3 Å². The first-order valence-electron chi connectivity index (χ1n) is 4.42. The van der Waals surface area contributed by atoms with Crippen molar-refractivity contribution in [3.8, 4) is 5.88 Å². The van der Waals surface area contributed by atoms with Gasteiger partial charge in [0.2, 0.25) is 5.88 Å². The highest BCUT2D eigenvalue weighted by Gasteiger charge is 2.31. The van der Waals surface area contributed by atoms with Crippen LogP contribution in [0.2, 0.25) is 0 Å². The lowest BCUT2D eigenvalue weighted by Crippen LogP contribution is -2.26. The van der Waals surface area contributed by atoms with E-state index in [9.17, 15) is 18.0 Å². The highest BCUT2D eigenvalue weighted by molar-refractivity contribution is 5.74.